The van der Waals surface area contributed by atoms with Crippen molar-refractivity contribution in [2.24, 2.45) is 5.92 Å². The van der Waals surface area contributed by atoms with Gasteiger partial charge in [0.15, 0.2) is 0 Å². The van der Waals surface area contributed by atoms with Crippen molar-refractivity contribution < 1.29 is 24.2 Å². The Bertz CT molecular complexity index is 314. The van der Waals surface area contributed by atoms with Gasteiger partial charge in [-0.15, -0.1) is 0 Å². The van der Waals surface area contributed by atoms with E-state index < -0.39 is 11.9 Å². The molecule has 5 heteroatoms. The number of ether oxygens (including phenoxy) is 2. The van der Waals surface area contributed by atoms with Gasteiger partial charge >= 0.3 is 11.9 Å². The van der Waals surface area contributed by atoms with Crippen LogP contribution < -0.4 is 0 Å². The number of aliphatic hydroxyl groups is 1. The lowest BCUT2D eigenvalue weighted by Gasteiger charge is -2.14. The van der Waals surface area contributed by atoms with E-state index in [2.05, 4.69) is 13.2 Å². The number of hydrogen-bond donors (Lipinski definition) is 1. The third-order valence-corrected chi connectivity index (χ3v) is 2.47. The maximum atomic E-state index is 11.1. The summed E-state index contributed by atoms with van der Waals surface area (Å²) < 4.78 is 9.86. The van der Waals surface area contributed by atoms with Crippen LogP contribution in [0.1, 0.15) is 26.7 Å². The van der Waals surface area contributed by atoms with Crippen LogP contribution in [-0.4, -0.2) is 36.9 Å². The molecule has 1 N–H and O–H groups in total. The molecule has 19 heavy (non-hydrogen) atoms. The fourth-order valence-corrected chi connectivity index (χ4v) is 1.21. The smallest absolute Gasteiger partial charge is 0.333 e. The van der Waals surface area contributed by atoms with Gasteiger partial charge in [-0.3, -0.25) is 0 Å². The maximum absolute atomic E-state index is 11.1. The van der Waals surface area contributed by atoms with E-state index in [0.717, 1.165) is 0 Å². The average molecular weight is 270 g/mol. The standard InChI is InChI=1S/C14H22O5/c1-10(2)13(16)18-7-5-12(9-15)6-8-19-14(17)11(3)4/h12,15H,1,3,5-9H2,2,4H3. The van der Waals surface area contributed by atoms with E-state index in [9.17, 15) is 9.59 Å². The van der Waals surface area contributed by atoms with Crippen LogP contribution in [0.5, 0.6) is 0 Å². The first kappa shape index (κ1) is 17.4. The zero-order valence-electron chi connectivity index (χ0n) is 11.6. The molecule has 0 aromatic carbocycles. The molecule has 108 valence electrons. The van der Waals surface area contributed by atoms with Crippen molar-refractivity contribution in [1.82, 2.24) is 0 Å². The summed E-state index contributed by atoms with van der Waals surface area (Å²) in [6.45, 7) is 10.5. The van der Waals surface area contributed by atoms with Crippen molar-refractivity contribution in [3.05, 3.63) is 24.3 Å². The van der Waals surface area contributed by atoms with Crippen LogP contribution in [0.25, 0.3) is 0 Å². The third kappa shape index (κ3) is 8.15. The van der Waals surface area contributed by atoms with Crippen LogP contribution in [0, 0.1) is 5.92 Å². The summed E-state index contributed by atoms with van der Waals surface area (Å²) in [5.41, 5.74) is 0.687. The third-order valence-electron chi connectivity index (χ3n) is 2.47. The maximum Gasteiger partial charge on any atom is 0.333 e. The molecule has 5 nitrogen and oxygen atoms in total. The molecule has 0 aromatic heterocycles. The minimum Gasteiger partial charge on any atom is -0.462 e. The Balaban J connectivity index is 3.83. The number of rotatable bonds is 9. The van der Waals surface area contributed by atoms with Crippen molar-refractivity contribution in [1.29, 1.82) is 0 Å². The molecular formula is C14H22O5. The van der Waals surface area contributed by atoms with Gasteiger partial charge in [0.25, 0.3) is 0 Å². The predicted octanol–water partition coefficient (Wildman–Crippen LogP) is 1.61. The second-order valence-corrected chi connectivity index (χ2v) is 4.46. The molecule has 0 aliphatic carbocycles. The van der Waals surface area contributed by atoms with E-state index >= 15 is 0 Å². The number of hydrogen-bond acceptors (Lipinski definition) is 5. The van der Waals surface area contributed by atoms with E-state index in [1.807, 2.05) is 0 Å². The fourth-order valence-electron chi connectivity index (χ4n) is 1.21. The predicted molar refractivity (Wildman–Crippen MR) is 71.4 cm³/mol. The number of aliphatic hydroxyl groups excluding tert-OH is 1. The van der Waals surface area contributed by atoms with Crippen LogP contribution in [0.2, 0.25) is 0 Å². The van der Waals surface area contributed by atoms with E-state index in [1.54, 1.807) is 13.8 Å². The Kier molecular flexibility index (Phi) is 8.53. The Morgan fingerprint density at radius 2 is 1.37 bits per heavy atom. The topological polar surface area (TPSA) is 72.8 Å². The molecule has 0 rings (SSSR count). The summed E-state index contributed by atoms with van der Waals surface area (Å²) in [5.74, 6) is -0.952. The molecule has 0 heterocycles. The van der Waals surface area contributed by atoms with Gasteiger partial charge in [-0.2, -0.15) is 0 Å². The average Bonchev–Trinajstić information content (AvgIpc) is 2.35. The summed E-state index contributed by atoms with van der Waals surface area (Å²) in [5, 5.41) is 9.16. The fraction of sp³-hybridized carbons (Fsp3) is 0.571. The van der Waals surface area contributed by atoms with Gasteiger partial charge in [0.05, 0.1) is 13.2 Å². The van der Waals surface area contributed by atoms with Gasteiger partial charge in [-0.25, -0.2) is 9.59 Å². The number of carbonyl (C=O) groups excluding carboxylic acids is 2. The Morgan fingerprint density at radius 1 is 1.00 bits per heavy atom. The van der Waals surface area contributed by atoms with Crippen LogP contribution in [0.4, 0.5) is 0 Å². The van der Waals surface area contributed by atoms with Crippen molar-refractivity contribution in [2.75, 3.05) is 19.8 Å². The highest BCUT2D eigenvalue weighted by Gasteiger charge is 2.11. The van der Waals surface area contributed by atoms with Gasteiger partial charge in [0.1, 0.15) is 0 Å². The molecule has 0 bridgehead atoms. The molecule has 0 amide bonds. The lowest BCUT2D eigenvalue weighted by atomic mass is 10.0. The molecule has 0 radical (unpaired) electrons. The van der Waals surface area contributed by atoms with Crippen molar-refractivity contribution in [2.45, 2.75) is 26.7 Å². The molecule has 0 fully saturated rings. The Morgan fingerprint density at radius 3 is 1.63 bits per heavy atom. The highest BCUT2D eigenvalue weighted by molar-refractivity contribution is 5.87. The van der Waals surface area contributed by atoms with Crippen molar-refractivity contribution >= 4 is 11.9 Å². The monoisotopic (exact) mass is 270 g/mol. The minimum absolute atomic E-state index is 0.0464. The zero-order chi connectivity index (χ0) is 14.8. The molecule has 0 saturated heterocycles. The molecular weight excluding hydrogens is 248 g/mol. The van der Waals surface area contributed by atoms with Crippen molar-refractivity contribution in [3.63, 3.8) is 0 Å². The summed E-state index contributed by atoms with van der Waals surface area (Å²) >= 11 is 0. The second-order valence-electron chi connectivity index (χ2n) is 4.46. The summed E-state index contributed by atoms with van der Waals surface area (Å²) in [4.78, 5) is 22.3. The summed E-state index contributed by atoms with van der Waals surface area (Å²) in [7, 11) is 0. The van der Waals surface area contributed by atoms with Gasteiger partial charge in [-0.1, -0.05) is 13.2 Å². The number of carbonyl (C=O) groups is 2. The van der Waals surface area contributed by atoms with E-state index in [1.165, 1.54) is 0 Å². The van der Waals surface area contributed by atoms with Crippen LogP contribution >= 0.6 is 0 Å². The Labute approximate surface area is 113 Å². The van der Waals surface area contributed by atoms with E-state index in [0.29, 0.717) is 24.0 Å². The second kappa shape index (κ2) is 9.33. The zero-order valence-corrected chi connectivity index (χ0v) is 11.6. The van der Waals surface area contributed by atoms with E-state index in [4.69, 9.17) is 14.6 Å². The highest BCUT2D eigenvalue weighted by atomic mass is 16.5. The molecule has 0 atom stereocenters. The van der Waals surface area contributed by atoms with Gasteiger partial charge in [0.2, 0.25) is 0 Å². The first-order valence-corrected chi connectivity index (χ1v) is 6.14. The van der Waals surface area contributed by atoms with Crippen LogP contribution in [-0.2, 0) is 19.1 Å². The Hall–Kier alpha value is -1.62. The van der Waals surface area contributed by atoms with Crippen LogP contribution in [0.15, 0.2) is 24.3 Å². The molecule has 0 aliphatic heterocycles. The largest absolute Gasteiger partial charge is 0.462 e. The van der Waals surface area contributed by atoms with Gasteiger partial charge in [0, 0.05) is 17.8 Å². The summed E-state index contributed by atoms with van der Waals surface area (Å²) in [6, 6.07) is 0. The number of esters is 2. The first-order valence-electron chi connectivity index (χ1n) is 6.14. The minimum atomic E-state index is -0.439. The first-order chi connectivity index (χ1) is 8.88. The molecule has 0 aliphatic rings. The SMILES string of the molecule is C=C(C)C(=O)OCCC(CO)CCOC(=O)C(=C)C. The molecule has 0 saturated carbocycles. The molecule has 0 spiro atoms. The summed E-state index contributed by atoms with van der Waals surface area (Å²) in [6.07, 6.45) is 1.03. The van der Waals surface area contributed by atoms with Gasteiger partial charge < -0.3 is 14.6 Å². The lowest BCUT2D eigenvalue weighted by molar-refractivity contribution is -0.139. The van der Waals surface area contributed by atoms with Crippen molar-refractivity contribution in [3.8, 4) is 0 Å². The quantitative estimate of drug-likeness (QED) is 0.509. The highest BCUT2D eigenvalue weighted by Crippen LogP contribution is 2.09. The lowest BCUT2D eigenvalue weighted by Crippen LogP contribution is -2.16. The van der Waals surface area contributed by atoms with Crippen LogP contribution in [0.3, 0.4) is 0 Å². The van der Waals surface area contributed by atoms with E-state index in [-0.39, 0.29) is 25.7 Å². The van der Waals surface area contributed by atoms with Gasteiger partial charge in [-0.05, 0) is 32.6 Å². The molecule has 0 aromatic rings. The molecule has 0 unspecified atom stereocenters. The normalized spacial score (nSPS) is 10.1.